The van der Waals surface area contributed by atoms with Gasteiger partial charge in [-0.25, -0.2) is 8.42 Å². The largest absolute Gasteiger partial charge is 0.497 e. The van der Waals surface area contributed by atoms with Crippen molar-refractivity contribution in [3.63, 3.8) is 0 Å². The third-order valence-electron chi connectivity index (χ3n) is 6.47. The Morgan fingerprint density at radius 1 is 1.08 bits per heavy atom. The number of amides is 2. The maximum atomic E-state index is 13.7. The minimum atomic E-state index is -3.88. The maximum absolute atomic E-state index is 13.7. The van der Waals surface area contributed by atoms with Crippen molar-refractivity contribution in [3.05, 3.63) is 52.5 Å². The van der Waals surface area contributed by atoms with Gasteiger partial charge in [-0.15, -0.1) is 0 Å². The fraction of sp³-hybridized carbons (Fsp3) is 0.462. The van der Waals surface area contributed by atoms with Crippen LogP contribution in [0.5, 0.6) is 11.5 Å². The van der Waals surface area contributed by atoms with E-state index in [1.54, 1.807) is 19.1 Å². The van der Waals surface area contributed by atoms with Crippen molar-refractivity contribution in [1.82, 2.24) is 10.2 Å². The number of halogens is 1. The van der Waals surface area contributed by atoms with Crippen LogP contribution in [-0.4, -0.2) is 64.2 Å². The van der Waals surface area contributed by atoms with Gasteiger partial charge in [-0.1, -0.05) is 40.9 Å². The minimum Gasteiger partial charge on any atom is -0.497 e. The number of carbonyl (C=O) groups is 2. The van der Waals surface area contributed by atoms with Gasteiger partial charge in [0.1, 0.15) is 24.1 Å². The van der Waals surface area contributed by atoms with Crippen molar-refractivity contribution in [2.75, 3.05) is 31.3 Å². The van der Waals surface area contributed by atoms with Gasteiger partial charge in [0.15, 0.2) is 0 Å². The van der Waals surface area contributed by atoms with Crippen molar-refractivity contribution in [3.8, 4) is 11.5 Å². The summed E-state index contributed by atoms with van der Waals surface area (Å²) >= 11 is 3.41. The number of sulfonamides is 1. The molecule has 0 spiro atoms. The van der Waals surface area contributed by atoms with Gasteiger partial charge in [0.2, 0.25) is 21.8 Å². The molecule has 0 heterocycles. The van der Waals surface area contributed by atoms with Gasteiger partial charge in [0, 0.05) is 23.1 Å². The van der Waals surface area contributed by atoms with E-state index in [1.165, 1.54) is 25.2 Å². The molecule has 1 aliphatic rings. The summed E-state index contributed by atoms with van der Waals surface area (Å²) < 4.78 is 38.1. The SMILES string of the molecule is COc1ccc(N(CC(=O)N(Cc2ccc(Br)cc2)[C@H](C)C(=O)NC2CCCC2)S(C)(=O)=O)c(OC)c1. The summed E-state index contributed by atoms with van der Waals surface area (Å²) in [6.45, 7) is 1.31. The molecule has 11 heteroatoms. The Bertz CT molecular complexity index is 1200. The van der Waals surface area contributed by atoms with Crippen LogP contribution in [0.3, 0.4) is 0 Å². The molecule has 0 aliphatic heterocycles. The molecule has 1 N–H and O–H groups in total. The van der Waals surface area contributed by atoms with Crippen molar-refractivity contribution in [1.29, 1.82) is 0 Å². The Balaban J connectivity index is 1.92. The molecule has 2 aromatic carbocycles. The molecular weight excluding hydrogens is 562 g/mol. The van der Waals surface area contributed by atoms with Crippen LogP contribution >= 0.6 is 15.9 Å². The fourth-order valence-electron chi connectivity index (χ4n) is 4.35. The molecule has 37 heavy (non-hydrogen) atoms. The number of methoxy groups -OCH3 is 2. The third-order valence-corrected chi connectivity index (χ3v) is 8.12. The van der Waals surface area contributed by atoms with Crippen molar-refractivity contribution >= 4 is 43.5 Å². The van der Waals surface area contributed by atoms with Crippen molar-refractivity contribution < 1.29 is 27.5 Å². The molecule has 0 radical (unpaired) electrons. The molecule has 202 valence electrons. The molecule has 2 amide bonds. The number of carbonyl (C=O) groups excluding carboxylic acids is 2. The number of nitrogens with zero attached hydrogens (tertiary/aromatic N) is 2. The first-order valence-electron chi connectivity index (χ1n) is 12.1. The summed E-state index contributed by atoms with van der Waals surface area (Å²) in [5, 5.41) is 3.05. The van der Waals surface area contributed by atoms with Gasteiger partial charge in [-0.2, -0.15) is 0 Å². The van der Waals surface area contributed by atoms with Crippen LogP contribution in [0.4, 0.5) is 5.69 Å². The second kappa shape index (κ2) is 12.6. The molecule has 1 aliphatic carbocycles. The van der Waals surface area contributed by atoms with E-state index in [9.17, 15) is 18.0 Å². The smallest absolute Gasteiger partial charge is 0.244 e. The lowest BCUT2D eigenvalue weighted by Crippen LogP contribution is -2.52. The summed E-state index contributed by atoms with van der Waals surface area (Å²) in [5.41, 5.74) is 1.01. The van der Waals surface area contributed by atoms with E-state index in [1.807, 2.05) is 24.3 Å². The predicted octanol–water partition coefficient (Wildman–Crippen LogP) is 3.71. The lowest BCUT2D eigenvalue weighted by atomic mass is 10.1. The van der Waals surface area contributed by atoms with E-state index in [4.69, 9.17) is 9.47 Å². The first kappa shape index (κ1) is 28.8. The Morgan fingerprint density at radius 3 is 2.30 bits per heavy atom. The number of hydrogen-bond donors (Lipinski definition) is 1. The maximum Gasteiger partial charge on any atom is 0.244 e. The Hall–Kier alpha value is -2.79. The zero-order valence-corrected chi connectivity index (χ0v) is 24.0. The van der Waals surface area contributed by atoms with Crippen LogP contribution in [0, 0.1) is 0 Å². The number of nitrogens with one attached hydrogen (secondary N) is 1. The number of benzene rings is 2. The van der Waals surface area contributed by atoms with E-state index in [-0.39, 0.29) is 29.9 Å². The Labute approximate surface area is 227 Å². The van der Waals surface area contributed by atoms with Crippen LogP contribution in [-0.2, 0) is 26.2 Å². The van der Waals surface area contributed by atoms with Crippen molar-refractivity contribution in [2.24, 2.45) is 0 Å². The highest BCUT2D eigenvalue weighted by Gasteiger charge is 2.32. The quantitative estimate of drug-likeness (QED) is 0.424. The monoisotopic (exact) mass is 595 g/mol. The van der Waals surface area contributed by atoms with Crippen LogP contribution in [0.2, 0.25) is 0 Å². The van der Waals surface area contributed by atoms with Gasteiger partial charge in [0.05, 0.1) is 26.2 Å². The van der Waals surface area contributed by atoms with Crippen molar-refractivity contribution in [2.45, 2.75) is 51.2 Å². The van der Waals surface area contributed by atoms with Gasteiger partial charge in [-0.05, 0) is 49.6 Å². The highest BCUT2D eigenvalue weighted by molar-refractivity contribution is 9.10. The molecule has 1 saturated carbocycles. The molecule has 1 fully saturated rings. The van der Waals surface area contributed by atoms with E-state index >= 15 is 0 Å². The van der Waals surface area contributed by atoms with Crippen LogP contribution < -0.4 is 19.1 Å². The number of ether oxygens (including phenoxy) is 2. The van der Waals surface area contributed by atoms with Crippen LogP contribution in [0.25, 0.3) is 0 Å². The summed E-state index contributed by atoms with van der Waals surface area (Å²) in [6.07, 6.45) is 4.98. The van der Waals surface area contributed by atoms with Crippen LogP contribution in [0.15, 0.2) is 46.9 Å². The normalized spacial score (nSPS) is 14.6. The van der Waals surface area contributed by atoms with Gasteiger partial charge >= 0.3 is 0 Å². The summed E-state index contributed by atoms with van der Waals surface area (Å²) in [6, 6.07) is 11.4. The van der Waals surface area contributed by atoms with E-state index in [0.717, 1.165) is 46.3 Å². The van der Waals surface area contributed by atoms with Gasteiger partial charge in [-0.3, -0.25) is 13.9 Å². The number of rotatable bonds is 11. The fourth-order valence-corrected chi connectivity index (χ4v) is 5.46. The second-order valence-corrected chi connectivity index (χ2v) is 11.9. The Kier molecular flexibility index (Phi) is 9.83. The molecule has 3 rings (SSSR count). The lowest BCUT2D eigenvalue weighted by molar-refractivity contribution is -0.139. The molecular formula is C26H34BrN3O6S. The minimum absolute atomic E-state index is 0.0932. The highest BCUT2D eigenvalue weighted by atomic mass is 79.9. The first-order chi connectivity index (χ1) is 17.5. The van der Waals surface area contributed by atoms with Gasteiger partial charge in [0.25, 0.3) is 0 Å². The second-order valence-electron chi connectivity index (χ2n) is 9.12. The average molecular weight is 597 g/mol. The molecule has 0 saturated heterocycles. The topological polar surface area (TPSA) is 105 Å². The zero-order valence-electron chi connectivity index (χ0n) is 21.6. The molecule has 9 nitrogen and oxygen atoms in total. The summed E-state index contributed by atoms with van der Waals surface area (Å²) in [7, 11) is -0.981. The lowest BCUT2D eigenvalue weighted by Gasteiger charge is -2.32. The summed E-state index contributed by atoms with van der Waals surface area (Å²) in [4.78, 5) is 28.3. The molecule has 0 unspecified atom stereocenters. The third kappa shape index (κ3) is 7.61. The molecule has 0 bridgehead atoms. The highest BCUT2D eigenvalue weighted by Crippen LogP contribution is 2.33. The van der Waals surface area contributed by atoms with E-state index < -0.39 is 28.5 Å². The average Bonchev–Trinajstić information content (AvgIpc) is 3.38. The van der Waals surface area contributed by atoms with Crippen LogP contribution in [0.1, 0.15) is 38.2 Å². The van der Waals surface area contributed by atoms with E-state index in [0.29, 0.717) is 5.75 Å². The predicted molar refractivity (Wildman–Crippen MR) is 146 cm³/mol. The number of anilines is 1. The molecule has 2 aromatic rings. The Morgan fingerprint density at radius 2 is 1.73 bits per heavy atom. The molecule has 0 aromatic heterocycles. The number of hydrogen-bond acceptors (Lipinski definition) is 6. The zero-order chi connectivity index (χ0) is 27.2. The standard InChI is InChI=1S/C26H34BrN3O6S/c1-18(26(32)28-21-7-5-6-8-21)29(16-19-9-11-20(27)12-10-19)25(31)17-30(37(4,33)34)23-14-13-22(35-2)15-24(23)36-3/h9-15,18,21H,5-8,16-17H2,1-4H3,(H,28,32)/t18-/m1/s1. The first-order valence-corrected chi connectivity index (χ1v) is 14.7. The van der Waals surface area contributed by atoms with E-state index in [2.05, 4.69) is 21.2 Å². The molecule has 1 atom stereocenters. The summed E-state index contributed by atoms with van der Waals surface area (Å²) in [5.74, 6) is -0.0518. The van der Waals surface area contributed by atoms with Gasteiger partial charge < -0.3 is 19.7 Å².